The van der Waals surface area contributed by atoms with Crippen molar-refractivity contribution in [3.8, 4) is 28.1 Å². The highest BCUT2D eigenvalue weighted by molar-refractivity contribution is 6.30. The van der Waals surface area contributed by atoms with Crippen LogP contribution in [0, 0.1) is 6.92 Å². The minimum absolute atomic E-state index is 0.697. The van der Waals surface area contributed by atoms with Crippen LogP contribution in [0.15, 0.2) is 60.8 Å². The van der Waals surface area contributed by atoms with Gasteiger partial charge in [-0.15, -0.1) is 0 Å². The summed E-state index contributed by atoms with van der Waals surface area (Å²) in [6.45, 7) is 1.99. The summed E-state index contributed by atoms with van der Waals surface area (Å²) < 4.78 is 7.12. The van der Waals surface area contributed by atoms with Gasteiger partial charge in [-0.1, -0.05) is 23.7 Å². The molecule has 0 N–H and O–H groups in total. The van der Waals surface area contributed by atoms with Crippen molar-refractivity contribution in [2.75, 3.05) is 7.11 Å². The highest BCUT2D eigenvalue weighted by Gasteiger charge is 2.15. The van der Waals surface area contributed by atoms with Crippen LogP contribution in [0.3, 0.4) is 0 Å². The molecule has 0 saturated heterocycles. The monoisotopic (exact) mass is 349 g/mol. The largest absolute Gasteiger partial charge is 0.497 e. The minimum atomic E-state index is 0.697. The lowest BCUT2D eigenvalue weighted by Crippen LogP contribution is -1.96. The number of aromatic nitrogens is 3. The molecule has 2 aromatic heterocycles. The lowest BCUT2D eigenvalue weighted by molar-refractivity contribution is 0.415. The molecular formula is C20H16ClN3O. The maximum atomic E-state index is 6.16. The average molecular weight is 350 g/mol. The van der Waals surface area contributed by atoms with E-state index in [4.69, 9.17) is 21.4 Å². The van der Waals surface area contributed by atoms with E-state index in [0.717, 1.165) is 39.5 Å². The van der Waals surface area contributed by atoms with Gasteiger partial charge in [0.2, 0.25) is 0 Å². The normalized spacial score (nSPS) is 11.0. The van der Waals surface area contributed by atoms with Crippen molar-refractivity contribution in [1.29, 1.82) is 0 Å². The summed E-state index contributed by atoms with van der Waals surface area (Å²) >= 11 is 6.16. The van der Waals surface area contributed by atoms with Crippen LogP contribution in [-0.2, 0) is 0 Å². The lowest BCUT2D eigenvalue weighted by atomic mass is 10.1. The summed E-state index contributed by atoms with van der Waals surface area (Å²) in [4.78, 5) is 4.56. The van der Waals surface area contributed by atoms with Crippen LogP contribution in [0.1, 0.15) is 5.69 Å². The van der Waals surface area contributed by atoms with Gasteiger partial charge in [0.05, 0.1) is 18.5 Å². The zero-order valence-electron chi connectivity index (χ0n) is 13.9. The van der Waals surface area contributed by atoms with E-state index in [2.05, 4.69) is 4.98 Å². The van der Waals surface area contributed by atoms with Crippen molar-refractivity contribution in [2.24, 2.45) is 0 Å². The number of aryl methyl sites for hydroxylation is 1. The lowest BCUT2D eigenvalue weighted by Gasteiger charge is -2.06. The van der Waals surface area contributed by atoms with Crippen molar-refractivity contribution in [3.05, 3.63) is 71.5 Å². The standard InChI is InChI=1S/C20H16ClN3O/c1-13-19(15-4-3-5-16(21)12-15)20-22-11-10-18(24(20)23-13)14-6-8-17(25-2)9-7-14/h3-12H,1-2H3. The van der Waals surface area contributed by atoms with E-state index in [1.807, 2.05) is 72.2 Å². The van der Waals surface area contributed by atoms with Crippen LogP contribution in [-0.4, -0.2) is 21.7 Å². The van der Waals surface area contributed by atoms with E-state index < -0.39 is 0 Å². The predicted molar refractivity (Wildman–Crippen MR) is 100 cm³/mol. The molecule has 0 aliphatic rings. The van der Waals surface area contributed by atoms with E-state index in [1.165, 1.54) is 0 Å². The number of nitrogens with zero attached hydrogens (tertiary/aromatic N) is 3. The maximum absolute atomic E-state index is 6.16. The quantitative estimate of drug-likeness (QED) is 0.520. The topological polar surface area (TPSA) is 39.4 Å². The van der Waals surface area contributed by atoms with Gasteiger partial charge in [0.25, 0.3) is 0 Å². The number of halogens is 1. The molecule has 0 bridgehead atoms. The molecule has 2 aromatic carbocycles. The van der Waals surface area contributed by atoms with E-state index in [1.54, 1.807) is 7.11 Å². The van der Waals surface area contributed by atoms with Crippen LogP contribution >= 0.6 is 11.6 Å². The molecule has 4 nitrogen and oxygen atoms in total. The van der Waals surface area contributed by atoms with Gasteiger partial charge in [-0.2, -0.15) is 5.10 Å². The van der Waals surface area contributed by atoms with Crippen molar-refractivity contribution < 1.29 is 4.74 Å². The summed E-state index contributed by atoms with van der Waals surface area (Å²) in [6, 6.07) is 17.6. The SMILES string of the molecule is COc1ccc(-c2ccnc3c(-c4cccc(Cl)c4)c(C)nn23)cc1. The molecule has 25 heavy (non-hydrogen) atoms. The second kappa shape index (κ2) is 6.22. The first-order valence-electron chi connectivity index (χ1n) is 7.92. The van der Waals surface area contributed by atoms with Gasteiger partial charge in [0.1, 0.15) is 5.75 Å². The Morgan fingerprint density at radius 3 is 2.52 bits per heavy atom. The molecule has 0 spiro atoms. The zero-order chi connectivity index (χ0) is 17.4. The van der Waals surface area contributed by atoms with Gasteiger partial charge < -0.3 is 4.74 Å². The highest BCUT2D eigenvalue weighted by atomic mass is 35.5. The molecular weight excluding hydrogens is 334 g/mol. The minimum Gasteiger partial charge on any atom is -0.497 e. The van der Waals surface area contributed by atoms with Gasteiger partial charge in [-0.05, 0) is 55.0 Å². The second-order valence-corrected chi connectivity index (χ2v) is 6.20. The fourth-order valence-electron chi connectivity index (χ4n) is 3.01. The molecule has 4 aromatic rings. The Morgan fingerprint density at radius 1 is 1.00 bits per heavy atom. The molecule has 2 heterocycles. The summed E-state index contributed by atoms with van der Waals surface area (Å²) in [5.74, 6) is 0.824. The fourth-order valence-corrected chi connectivity index (χ4v) is 3.20. The summed E-state index contributed by atoms with van der Waals surface area (Å²) in [6.07, 6.45) is 1.81. The predicted octanol–water partition coefficient (Wildman–Crippen LogP) is 5.03. The molecule has 0 aliphatic heterocycles. The molecule has 0 fully saturated rings. The van der Waals surface area contributed by atoms with E-state index in [0.29, 0.717) is 5.02 Å². The van der Waals surface area contributed by atoms with Crippen LogP contribution in [0.2, 0.25) is 5.02 Å². The Morgan fingerprint density at radius 2 is 1.80 bits per heavy atom. The number of hydrogen-bond donors (Lipinski definition) is 0. The smallest absolute Gasteiger partial charge is 0.163 e. The van der Waals surface area contributed by atoms with E-state index in [-0.39, 0.29) is 0 Å². The Bertz CT molecular complexity index is 1050. The van der Waals surface area contributed by atoms with E-state index in [9.17, 15) is 0 Å². The number of ether oxygens (including phenoxy) is 1. The van der Waals surface area contributed by atoms with Gasteiger partial charge in [-0.3, -0.25) is 0 Å². The third-order valence-corrected chi connectivity index (χ3v) is 4.43. The van der Waals surface area contributed by atoms with Crippen LogP contribution in [0.5, 0.6) is 5.75 Å². The Kier molecular flexibility index (Phi) is 3.90. The molecule has 0 aliphatic carbocycles. The van der Waals surface area contributed by atoms with Crippen LogP contribution < -0.4 is 4.74 Å². The molecule has 0 atom stereocenters. The van der Waals surface area contributed by atoms with Crippen LogP contribution in [0.25, 0.3) is 28.0 Å². The fraction of sp³-hybridized carbons (Fsp3) is 0.100. The second-order valence-electron chi connectivity index (χ2n) is 5.76. The average Bonchev–Trinajstić information content (AvgIpc) is 2.97. The number of rotatable bonds is 3. The van der Waals surface area contributed by atoms with Crippen molar-refractivity contribution in [1.82, 2.24) is 14.6 Å². The molecule has 4 rings (SSSR count). The Balaban J connectivity index is 1.92. The number of methoxy groups -OCH3 is 1. The first-order valence-corrected chi connectivity index (χ1v) is 8.30. The Hall–Kier alpha value is -2.85. The molecule has 0 radical (unpaired) electrons. The number of hydrogen-bond acceptors (Lipinski definition) is 3. The van der Waals surface area contributed by atoms with Crippen LogP contribution in [0.4, 0.5) is 0 Å². The van der Waals surface area contributed by atoms with Crippen molar-refractivity contribution in [3.63, 3.8) is 0 Å². The molecule has 124 valence electrons. The maximum Gasteiger partial charge on any atom is 0.163 e. The molecule has 0 saturated carbocycles. The summed E-state index contributed by atoms with van der Waals surface area (Å²) in [5, 5.41) is 5.41. The van der Waals surface area contributed by atoms with E-state index >= 15 is 0 Å². The van der Waals surface area contributed by atoms with Crippen molar-refractivity contribution >= 4 is 17.2 Å². The van der Waals surface area contributed by atoms with Gasteiger partial charge in [0, 0.05) is 22.3 Å². The van der Waals surface area contributed by atoms with Gasteiger partial charge in [0.15, 0.2) is 5.65 Å². The highest BCUT2D eigenvalue weighted by Crippen LogP contribution is 2.31. The molecule has 0 unspecified atom stereocenters. The zero-order valence-corrected chi connectivity index (χ0v) is 14.7. The Labute approximate surface area is 150 Å². The summed E-state index contributed by atoms with van der Waals surface area (Å²) in [7, 11) is 1.66. The third-order valence-electron chi connectivity index (χ3n) is 4.19. The number of fused-ring (bicyclic) bond motifs is 1. The van der Waals surface area contributed by atoms with Gasteiger partial charge >= 0.3 is 0 Å². The van der Waals surface area contributed by atoms with Crippen molar-refractivity contribution in [2.45, 2.75) is 6.92 Å². The molecule has 0 amide bonds. The van der Waals surface area contributed by atoms with Gasteiger partial charge in [-0.25, -0.2) is 9.50 Å². The number of benzene rings is 2. The summed E-state index contributed by atoms with van der Waals surface area (Å²) in [5.41, 5.74) is 5.76. The third kappa shape index (κ3) is 2.75. The first kappa shape index (κ1) is 15.7. The first-order chi connectivity index (χ1) is 12.2. The molecule has 5 heteroatoms.